The highest BCUT2D eigenvalue weighted by Crippen LogP contribution is 2.24. The first-order valence-corrected chi connectivity index (χ1v) is 7.71. The molecule has 0 aliphatic heterocycles. The third-order valence-corrected chi connectivity index (χ3v) is 3.47. The summed E-state index contributed by atoms with van der Waals surface area (Å²) in [7, 11) is 1.81. The van der Waals surface area contributed by atoms with Gasteiger partial charge in [0, 0.05) is 23.9 Å². The zero-order valence-electron chi connectivity index (χ0n) is 14.0. The number of likely N-dealkylation sites (N-methyl/N-ethyl adjacent to an activating group) is 1. The number of aliphatic hydroxyl groups excluding tert-OH is 1. The van der Waals surface area contributed by atoms with E-state index >= 15 is 0 Å². The van der Waals surface area contributed by atoms with Gasteiger partial charge in [-0.05, 0) is 39.5 Å². The average molecular weight is 307 g/mol. The summed E-state index contributed by atoms with van der Waals surface area (Å²) in [5.74, 6) is 1.20. The molecule has 0 spiro atoms. The minimum Gasteiger partial charge on any atom is -0.495 e. The third kappa shape index (κ3) is 5.95. The number of hydrogen-bond donors (Lipinski definition) is 4. The van der Waals surface area contributed by atoms with E-state index in [2.05, 4.69) is 23.6 Å². The van der Waals surface area contributed by atoms with Gasteiger partial charge in [0.05, 0.1) is 5.70 Å². The summed E-state index contributed by atoms with van der Waals surface area (Å²) < 4.78 is 5.76. The molecule has 2 atom stereocenters. The molecule has 0 heterocycles. The van der Waals surface area contributed by atoms with Crippen molar-refractivity contribution >= 4 is 0 Å². The van der Waals surface area contributed by atoms with Gasteiger partial charge in [-0.25, -0.2) is 0 Å². The molecule has 0 aromatic heterocycles. The van der Waals surface area contributed by atoms with E-state index in [1.165, 1.54) is 0 Å². The lowest BCUT2D eigenvalue weighted by molar-refractivity contribution is 0.0622. The van der Waals surface area contributed by atoms with Crippen LogP contribution in [0.4, 0.5) is 0 Å². The maximum Gasteiger partial charge on any atom is 0.115 e. The number of aliphatic hydroxyl groups is 1. The summed E-state index contributed by atoms with van der Waals surface area (Å²) >= 11 is 0. The topological polar surface area (TPSA) is 79.5 Å². The molecule has 124 valence electrons. The summed E-state index contributed by atoms with van der Waals surface area (Å²) in [6.07, 6.45) is 8.27. The molecule has 5 nitrogen and oxygen atoms in total. The Balaban J connectivity index is 2.68. The van der Waals surface area contributed by atoms with E-state index in [9.17, 15) is 5.11 Å². The van der Waals surface area contributed by atoms with Crippen molar-refractivity contribution in [3.05, 3.63) is 47.2 Å². The van der Waals surface area contributed by atoms with Gasteiger partial charge in [-0.3, -0.25) is 0 Å². The summed E-state index contributed by atoms with van der Waals surface area (Å²) in [6, 6.07) is 0. The zero-order chi connectivity index (χ0) is 16.5. The second kappa shape index (κ2) is 9.33. The standard InChI is InChI=1S/C17H29N3O2/c1-5-6-16(18)13(3)20-14-8-7-12(2)17(9-14)22-11-15(21)10-19-4/h5-6,8-9,12,15,19-21H,7,10-11,18H2,1-4H3/b6-5-,16-13-/t12?,15-/m0/s1. The number of hydrogen-bond acceptors (Lipinski definition) is 5. The van der Waals surface area contributed by atoms with Gasteiger partial charge >= 0.3 is 0 Å². The Morgan fingerprint density at radius 2 is 2.32 bits per heavy atom. The Labute approximate surface area is 133 Å². The smallest absolute Gasteiger partial charge is 0.115 e. The van der Waals surface area contributed by atoms with E-state index in [1.54, 1.807) is 7.05 Å². The van der Waals surface area contributed by atoms with Crippen LogP contribution >= 0.6 is 0 Å². The fraction of sp³-hybridized carbons (Fsp3) is 0.529. The summed E-state index contributed by atoms with van der Waals surface area (Å²) in [5.41, 5.74) is 8.54. The molecule has 5 N–H and O–H groups in total. The van der Waals surface area contributed by atoms with E-state index in [-0.39, 0.29) is 0 Å². The molecular formula is C17H29N3O2. The van der Waals surface area contributed by atoms with Crippen LogP contribution in [0.15, 0.2) is 47.2 Å². The molecule has 22 heavy (non-hydrogen) atoms. The molecule has 0 bridgehead atoms. The van der Waals surface area contributed by atoms with Gasteiger partial charge < -0.3 is 26.2 Å². The van der Waals surface area contributed by atoms with Gasteiger partial charge in [-0.1, -0.05) is 19.1 Å². The lowest BCUT2D eigenvalue weighted by Gasteiger charge is -2.23. The molecule has 0 fully saturated rings. The Morgan fingerprint density at radius 1 is 1.59 bits per heavy atom. The van der Waals surface area contributed by atoms with Gasteiger partial charge in [0.1, 0.15) is 18.5 Å². The van der Waals surface area contributed by atoms with Crippen LogP contribution in [-0.2, 0) is 4.74 Å². The molecule has 0 aromatic rings. The molecule has 0 saturated carbocycles. The largest absolute Gasteiger partial charge is 0.495 e. The molecule has 0 saturated heterocycles. The van der Waals surface area contributed by atoms with Gasteiger partial charge in [-0.2, -0.15) is 0 Å². The molecule has 0 aromatic carbocycles. The van der Waals surface area contributed by atoms with Crippen molar-refractivity contribution in [2.75, 3.05) is 20.2 Å². The Morgan fingerprint density at radius 3 is 2.95 bits per heavy atom. The first-order valence-electron chi connectivity index (χ1n) is 7.71. The van der Waals surface area contributed by atoms with E-state index in [0.717, 1.165) is 23.6 Å². The highest BCUT2D eigenvalue weighted by atomic mass is 16.5. The lowest BCUT2D eigenvalue weighted by Crippen LogP contribution is -2.28. The first kappa shape index (κ1) is 18.3. The Kier molecular flexibility index (Phi) is 7.77. The van der Waals surface area contributed by atoms with Crippen molar-refractivity contribution in [3.63, 3.8) is 0 Å². The van der Waals surface area contributed by atoms with Crippen LogP contribution in [0.25, 0.3) is 0 Å². The molecule has 1 aliphatic carbocycles. The van der Waals surface area contributed by atoms with E-state index < -0.39 is 6.10 Å². The van der Waals surface area contributed by atoms with Gasteiger partial charge in [0.25, 0.3) is 0 Å². The maximum absolute atomic E-state index is 9.73. The van der Waals surface area contributed by atoms with Crippen LogP contribution in [0.1, 0.15) is 27.2 Å². The summed E-state index contributed by atoms with van der Waals surface area (Å²) in [5, 5.41) is 16.0. The van der Waals surface area contributed by atoms with Crippen molar-refractivity contribution in [2.24, 2.45) is 11.7 Å². The molecule has 0 radical (unpaired) electrons. The second-order valence-corrected chi connectivity index (χ2v) is 5.57. The van der Waals surface area contributed by atoms with Crippen molar-refractivity contribution < 1.29 is 9.84 Å². The minimum atomic E-state index is -0.507. The summed E-state index contributed by atoms with van der Waals surface area (Å²) in [6.45, 7) is 6.80. The van der Waals surface area contributed by atoms with E-state index in [4.69, 9.17) is 10.5 Å². The van der Waals surface area contributed by atoms with Crippen molar-refractivity contribution in [1.29, 1.82) is 0 Å². The molecule has 5 heteroatoms. The van der Waals surface area contributed by atoms with Crippen molar-refractivity contribution in [2.45, 2.75) is 33.3 Å². The van der Waals surface area contributed by atoms with Crippen molar-refractivity contribution in [3.8, 4) is 0 Å². The number of allylic oxidation sites excluding steroid dienone is 6. The van der Waals surface area contributed by atoms with Crippen LogP contribution in [0.2, 0.25) is 0 Å². The van der Waals surface area contributed by atoms with Gasteiger partial charge in [0.2, 0.25) is 0 Å². The quantitative estimate of drug-likeness (QED) is 0.514. The average Bonchev–Trinajstić information content (AvgIpc) is 2.48. The highest BCUT2D eigenvalue weighted by molar-refractivity contribution is 5.31. The fourth-order valence-electron chi connectivity index (χ4n) is 2.13. The fourth-order valence-corrected chi connectivity index (χ4v) is 2.13. The van der Waals surface area contributed by atoms with Crippen LogP contribution in [0.3, 0.4) is 0 Å². The van der Waals surface area contributed by atoms with Crippen molar-refractivity contribution in [1.82, 2.24) is 10.6 Å². The molecule has 1 unspecified atom stereocenters. The van der Waals surface area contributed by atoms with E-state index in [0.29, 0.717) is 24.8 Å². The molecule has 1 rings (SSSR count). The van der Waals surface area contributed by atoms with Crippen LogP contribution < -0.4 is 16.4 Å². The zero-order valence-corrected chi connectivity index (χ0v) is 14.0. The predicted molar refractivity (Wildman–Crippen MR) is 90.7 cm³/mol. The second-order valence-electron chi connectivity index (χ2n) is 5.57. The SMILES string of the molecule is C/C=C\C(N)=C(/C)NC1=CCC(C)C(OC[C@@H](O)CNC)=C1. The Hall–Kier alpha value is -1.72. The third-order valence-electron chi connectivity index (χ3n) is 3.47. The summed E-state index contributed by atoms with van der Waals surface area (Å²) in [4.78, 5) is 0. The normalized spacial score (nSPS) is 21.0. The van der Waals surface area contributed by atoms with Gasteiger partial charge in [-0.15, -0.1) is 0 Å². The number of rotatable bonds is 8. The van der Waals surface area contributed by atoms with Crippen LogP contribution in [-0.4, -0.2) is 31.4 Å². The number of ether oxygens (including phenoxy) is 1. The molecular weight excluding hydrogens is 278 g/mol. The Bertz CT molecular complexity index is 478. The minimum absolute atomic E-state index is 0.291. The van der Waals surface area contributed by atoms with E-state index in [1.807, 2.05) is 32.1 Å². The maximum atomic E-state index is 9.73. The molecule has 1 aliphatic rings. The monoisotopic (exact) mass is 307 g/mol. The first-order chi connectivity index (χ1) is 10.5. The predicted octanol–water partition coefficient (Wildman–Crippen LogP) is 1.75. The number of nitrogens with two attached hydrogens (primary N) is 1. The lowest BCUT2D eigenvalue weighted by atomic mass is 9.99. The number of nitrogens with one attached hydrogen (secondary N) is 2. The van der Waals surface area contributed by atoms with Crippen LogP contribution in [0.5, 0.6) is 0 Å². The van der Waals surface area contributed by atoms with Gasteiger partial charge in [0.15, 0.2) is 0 Å². The van der Waals surface area contributed by atoms with Crippen LogP contribution in [0, 0.1) is 5.92 Å². The molecule has 0 amide bonds. The highest BCUT2D eigenvalue weighted by Gasteiger charge is 2.16.